The molecule has 0 aliphatic carbocycles. The first-order valence-electron chi connectivity index (χ1n) is 15.6. The fourth-order valence-electron chi connectivity index (χ4n) is 5.51. The quantitative estimate of drug-likeness (QED) is 0.133. The lowest BCUT2D eigenvalue weighted by atomic mass is 9.90. The van der Waals surface area contributed by atoms with E-state index in [9.17, 15) is 9.59 Å². The summed E-state index contributed by atoms with van der Waals surface area (Å²) in [7, 11) is 0. The van der Waals surface area contributed by atoms with Crippen LogP contribution in [0.15, 0.2) is 60.4 Å². The highest BCUT2D eigenvalue weighted by Gasteiger charge is 2.33. The number of hydrogen-bond donors (Lipinski definition) is 0. The van der Waals surface area contributed by atoms with Crippen molar-refractivity contribution in [2.75, 3.05) is 23.0 Å². The predicted octanol–water partition coefficient (Wildman–Crippen LogP) is 8.64. The maximum atomic E-state index is 13.3. The maximum absolute atomic E-state index is 13.3. The van der Waals surface area contributed by atoms with Gasteiger partial charge in [-0.05, 0) is 59.8 Å². The van der Waals surface area contributed by atoms with E-state index in [0.29, 0.717) is 0 Å². The number of rotatable bonds is 13. The minimum Gasteiger partial charge on any atom is -0.520 e. The second-order valence-electron chi connectivity index (χ2n) is 12.1. The first-order chi connectivity index (χ1) is 20.4. The third-order valence-electron chi connectivity index (χ3n) is 7.62. The molecule has 0 N–H and O–H groups in total. The third kappa shape index (κ3) is 7.84. The lowest BCUT2D eigenvalue weighted by Crippen LogP contribution is -2.42. The molecule has 0 atom stereocenters. The standard InChI is InChI=1S/C37H49N2O4/c1-11-42-34(40)20-19-28(37(41)43-12-2)23-33-38(35-29(24(3)4)15-13-16-30(35)25(5)6)21-22-39(33)36-31(26(7)8)17-14-18-32(36)27(9)10/h13-19,21-27,33H,11-12H2,1-10H3/q-1/b28-19+. The minimum absolute atomic E-state index is 0.209. The third-order valence-corrected chi connectivity index (χ3v) is 7.62. The van der Waals surface area contributed by atoms with Crippen LogP contribution in [0.25, 0.3) is 0 Å². The molecule has 1 aliphatic rings. The number of benzene rings is 2. The van der Waals surface area contributed by atoms with Crippen molar-refractivity contribution in [3.63, 3.8) is 0 Å². The Bertz CT molecular complexity index is 1200. The van der Waals surface area contributed by atoms with Crippen molar-refractivity contribution in [3.05, 3.63) is 95.5 Å². The SMILES string of the molecule is CCOC(=O)[C]/C=C(\[CH-]C1N(c2c(C(C)C)cccc2C(C)C)C=CN1c1c(C(C)C)cccc1C(C)C)C(=O)OCC. The van der Waals surface area contributed by atoms with Crippen LogP contribution in [0.2, 0.25) is 0 Å². The fourth-order valence-corrected chi connectivity index (χ4v) is 5.51. The van der Waals surface area contributed by atoms with Crippen molar-refractivity contribution in [2.45, 2.75) is 99.1 Å². The van der Waals surface area contributed by atoms with Crippen molar-refractivity contribution in [1.29, 1.82) is 0 Å². The van der Waals surface area contributed by atoms with Gasteiger partial charge in [-0.3, -0.25) is 4.79 Å². The zero-order valence-electron chi connectivity index (χ0n) is 27.6. The van der Waals surface area contributed by atoms with Crippen molar-refractivity contribution >= 4 is 23.3 Å². The average molecular weight is 586 g/mol. The minimum atomic E-state index is -0.629. The van der Waals surface area contributed by atoms with Crippen molar-refractivity contribution in [2.24, 2.45) is 0 Å². The fraction of sp³-hybridized carbons (Fsp3) is 0.459. The van der Waals surface area contributed by atoms with Crippen LogP contribution in [0.3, 0.4) is 0 Å². The molecule has 3 rings (SSSR count). The molecule has 6 nitrogen and oxygen atoms in total. The van der Waals surface area contributed by atoms with Crippen LogP contribution in [-0.2, 0) is 19.1 Å². The molecule has 2 aromatic carbocycles. The van der Waals surface area contributed by atoms with E-state index in [4.69, 9.17) is 9.47 Å². The summed E-state index contributed by atoms with van der Waals surface area (Å²) in [5, 5.41) is 0. The Kier molecular flexibility index (Phi) is 11.9. The average Bonchev–Trinajstić information content (AvgIpc) is 3.36. The summed E-state index contributed by atoms with van der Waals surface area (Å²) in [6.07, 6.45) is 9.68. The smallest absolute Gasteiger partial charge is 0.305 e. The highest BCUT2D eigenvalue weighted by Crippen LogP contribution is 2.44. The maximum Gasteiger partial charge on any atom is 0.305 e. The van der Waals surface area contributed by atoms with E-state index in [1.54, 1.807) is 13.8 Å². The molecule has 232 valence electrons. The van der Waals surface area contributed by atoms with Crippen LogP contribution in [0.5, 0.6) is 0 Å². The monoisotopic (exact) mass is 585 g/mol. The molecule has 2 aromatic rings. The molecule has 0 spiro atoms. The van der Waals surface area contributed by atoms with Crippen LogP contribution >= 0.6 is 0 Å². The summed E-state index contributed by atoms with van der Waals surface area (Å²) in [4.78, 5) is 30.1. The summed E-state index contributed by atoms with van der Waals surface area (Å²) in [5.74, 6) is -0.0508. The number of nitrogens with zero attached hydrogens (tertiary/aromatic N) is 2. The van der Waals surface area contributed by atoms with E-state index in [2.05, 4.69) is 120 Å². The van der Waals surface area contributed by atoms with Gasteiger partial charge in [0.2, 0.25) is 5.97 Å². The van der Waals surface area contributed by atoms with Gasteiger partial charge in [0.25, 0.3) is 0 Å². The molecule has 2 radical (unpaired) electrons. The molecule has 1 aliphatic heterocycles. The van der Waals surface area contributed by atoms with Gasteiger partial charge in [0.15, 0.2) is 0 Å². The zero-order valence-corrected chi connectivity index (χ0v) is 27.6. The number of esters is 2. The Balaban J connectivity index is 2.29. The largest absolute Gasteiger partial charge is 0.520 e. The van der Waals surface area contributed by atoms with Crippen molar-refractivity contribution in [3.8, 4) is 0 Å². The van der Waals surface area contributed by atoms with E-state index in [1.165, 1.54) is 28.3 Å². The summed E-state index contributed by atoms with van der Waals surface area (Å²) in [5.41, 5.74) is 7.39. The summed E-state index contributed by atoms with van der Waals surface area (Å²) >= 11 is 0. The first-order valence-corrected chi connectivity index (χ1v) is 15.6. The topological polar surface area (TPSA) is 59.1 Å². The van der Waals surface area contributed by atoms with Gasteiger partial charge in [-0.15, -0.1) is 12.0 Å². The van der Waals surface area contributed by atoms with Gasteiger partial charge < -0.3 is 24.1 Å². The first kappa shape index (κ1) is 33.8. The molecule has 0 amide bonds. The molecular weight excluding hydrogens is 536 g/mol. The van der Waals surface area contributed by atoms with E-state index in [-0.39, 0.29) is 42.5 Å². The van der Waals surface area contributed by atoms with Gasteiger partial charge in [0, 0.05) is 23.8 Å². The molecule has 0 saturated carbocycles. The Morgan fingerprint density at radius 2 is 1.14 bits per heavy atom. The zero-order chi connectivity index (χ0) is 31.8. The normalized spacial score (nSPS) is 14.0. The van der Waals surface area contributed by atoms with E-state index in [0.717, 1.165) is 11.4 Å². The molecule has 6 heteroatoms. The lowest BCUT2D eigenvalue weighted by molar-refractivity contribution is -0.138. The highest BCUT2D eigenvalue weighted by atomic mass is 16.5. The van der Waals surface area contributed by atoms with Crippen LogP contribution in [-0.4, -0.2) is 31.3 Å². The molecule has 1 heterocycles. The van der Waals surface area contributed by atoms with Gasteiger partial charge in [0.05, 0.1) is 25.8 Å². The van der Waals surface area contributed by atoms with Gasteiger partial charge in [-0.2, -0.15) is 6.08 Å². The van der Waals surface area contributed by atoms with Crippen LogP contribution in [0, 0.1) is 12.8 Å². The molecule has 43 heavy (non-hydrogen) atoms. The van der Waals surface area contributed by atoms with Crippen molar-refractivity contribution < 1.29 is 19.1 Å². The number of carbonyl (C=O) groups excluding carboxylic acids is 2. The second kappa shape index (κ2) is 15.2. The van der Waals surface area contributed by atoms with Gasteiger partial charge in [-0.25, -0.2) is 0 Å². The molecule has 0 bridgehead atoms. The number of hydrogen-bond acceptors (Lipinski definition) is 6. The van der Waals surface area contributed by atoms with Crippen LogP contribution in [0.4, 0.5) is 11.4 Å². The lowest BCUT2D eigenvalue weighted by Gasteiger charge is -2.41. The molecular formula is C37H49N2O4-. The van der Waals surface area contributed by atoms with Crippen LogP contribution in [0.1, 0.15) is 115 Å². The second-order valence-corrected chi connectivity index (χ2v) is 12.1. The molecule has 0 saturated heterocycles. The van der Waals surface area contributed by atoms with E-state index < -0.39 is 18.1 Å². The number of ether oxygens (including phenoxy) is 2. The Labute approximate surface area is 259 Å². The summed E-state index contributed by atoms with van der Waals surface area (Å²) in [6.45, 7) is 21.6. The molecule has 0 fully saturated rings. The van der Waals surface area contributed by atoms with Crippen molar-refractivity contribution in [1.82, 2.24) is 0 Å². The Hall–Kier alpha value is -3.67. The predicted molar refractivity (Wildman–Crippen MR) is 176 cm³/mol. The summed E-state index contributed by atoms with van der Waals surface area (Å²) in [6, 6.07) is 13.0. The van der Waals surface area contributed by atoms with Crippen LogP contribution < -0.4 is 9.80 Å². The number of anilines is 2. The number of carbonyl (C=O) groups is 2. The highest BCUT2D eigenvalue weighted by molar-refractivity contribution is 5.94. The summed E-state index contributed by atoms with van der Waals surface area (Å²) < 4.78 is 10.5. The molecule has 0 unspecified atom stereocenters. The Morgan fingerprint density at radius 3 is 1.49 bits per heavy atom. The van der Waals surface area contributed by atoms with E-state index in [1.807, 2.05) is 6.42 Å². The van der Waals surface area contributed by atoms with Gasteiger partial charge in [-0.1, -0.05) is 91.8 Å². The number of para-hydroxylation sites is 2. The van der Waals surface area contributed by atoms with E-state index >= 15 is 0 Å². The van der Waals surface area contributed by atoms with Gasteiger partial charge in [0.1, 0.15) is 0 Å². The Morgan fingerprint density at radius 1 is 0.744 bits per heavy atom. The molecule has 0 aromatic heterocycles. The van der Waals surface area contributed by atoms with Gasteiger partial charge >= 0.3 is 5.97 Å².